The molecule has 0 bridgehead atoms. The van der Waals surface area contributed by atoms with E-state index in [9.17, 15) is 4.79 Å². The summed E-state index contributed by atoms with van der Waals surface area (Å²) in [5, 5.41) is 3.32. The number of nitrogens with zero attached hydrogens (tertiary/aromatic N) is 1. The Hall–Kier alpha value is -0.650. The van der Waals surface area contributed by atoms with Gasteiger partial charge in [-0.15, -0.1) is 0 Å². The number of nitrogens with one attached hydrogen (secondary N) is 1. The number of primary amides is 1. The second-order valence-corrected chi connectivity index (χ2v) is 6.25. The first-order valence-electron chi connectivity index (χ1n) is 7.73. The molecule has 0 radical (unpaired) electrons. The van der Waals surface area contributed by atoms with E-state index in [1.165, 1.54) is 0 Å². The van der Waals surface area contributed by atoms with Crippen molar-refractivity contribution in [3.63, 3.8) is 0 Å². The summed E-state index contributed by atoms with van der Waals surface area (Å²) < 4.78 is 5.21. The van der Waals surface area contributed by atoms with Crippen LogP contribution in [0.3, 0.4) is 0 Å². The van der Waals surface area contributed by atoms with E-state index in [1.807, 2.05) is 6.92 Å². The summed E-state index contributed by atoms with van der Waals surface area (Å²) in [6, 6.07) is 0.416. The number of methoxy groups -OCH3 is 1. The lowest BCUT2D eigenvalue weighted by molar-refractivity contribution is -0.124. The van der Waals surface area contributed by atoms with Crippen molar-refractivity contribution in [2.45, 2.75) is 51.6 Å². The van der Waals surface area contributed by atoms with Crippen molar-refractivity contribution < 1.29 is 9.53 Å². The van der Waals surface area contributed by atoms with Crippen LogP contribution in [-0.4, -0.2) is 55.7 Å². The number of ether oxygens (including phenoxy) is 1. The van der Waals surface area contributed by atoms with Gasteiger partial charge in [0.1, 0.15) is 0 Å². The van der Waals surface area contributed by atoms with Gasteiger partial charge in [0, 0.05) is 26.2 Å². The van der Waals surface area contributed by atoms with Gasteiger partial charge in [-0.05, 0) is 31.7 Å². The van der Waals surface area contributed by atoms with Gasteiger partial charge in [0.05, 0.1) is 12.1 Å². The standard InChI is InChI=1S/C15H31N3O2/c1-5-17-15(14(16)19)7-6-13(10-15)18(8-9-20-4)11-12(2)3/h12-13,17H,5-11H2,1-4H3,(H2,16,19). The van der Waals surface area contributed by atoms with Gasteiger partial charge in [-0.3, -0.25) is 9.69 Å². The molecule has 2 unspecified atom stereocenters. The first kappa shape index (κ1) is 17.4. The second kappa shape index (κ2) is 7.96. The van der Waals surface area contributed by atoms with Crippen LogP contribution in [0.5, 0.6) is 0 Å². The molecule has 2 atom stereocenters. The van der Waals surface area contributed by atoms with Gasteiger partial charge in [-0.1, -0.05) is 20.8 Å². The first-order valence-corrected chi connectivity index (χ1v) is 7.73. The van der Waals surface area contributed by atoms with Gasteiger partial charge in [0.15, 0.2) is 0 Å². The van der Waals surface area contributed by atoms with Crippen LogP contribution in [0.4, 0.5) is 0 Å². The number of hydrogen-bond acceptors (Lipinski definition) is 4. The smallest absolute Gasteiger partial charge is 0.237 e. The van der Waals surface area contributed by atoms with Crippen molar-refractivity contribution in [1.29, 1.82) is 0 Å². The zero-order valence-electron chi connectivity index (χ0n) is 13.4. The molecule has 1 saturated carbocycles. The summed E-state index contributed by atoms with van der Waals surface area (Å²) in [5.41, 5.74) is 5.13. The van der Waals surface area contributed by atoms with Crippen molar-refractivity contribution in [3.05, 3.63) is 0 Å². The predicted molar refractivity (Wildman–Crippen MR) is 81.5 cm³/mol. The molecule has 0 aromatic heterocycles. The summed E-state index contributed by atoms with van der Waals surface area (Å²) in [7, 11) is 1.73. The van der Waals surface area contributed by atoms with Gasteiger partial charge >= 0.3 is 0 Å². The van der Waals surface area contributed by atoms with Crippen LogP contribution < -0.4 is 11.1 Å². The van der Waals surface area contributed by atoms with Crippen molar-refractivity contribution in [3.8, 4) is 0 Å². The fraction of sp³-hybridized carbons (Fsp3) is 0.933. The van der Waals surface area contributed by atoms with E-state index in [-0.39, 0.29) is 5.91 Å². The normalized spacial score (nSPS) is 26.6. The fourth-order valence-electron chi connectivity index (χ4n) is 3.24. The highest BCUT2D eigenvalue weighted by Crippen LogP contribution is 2.33. The Kier molecular flexibility index (Phi) is 6.92. The molecule has 0 aromatic carbocycles. The third-order valence-corrected chi connectivity index (χ3v) is 4.17. The molecule has 1 aliphatic rings. The first-order chi connectivity index (χ1) is 9.45. The highest BCUT2D eigenvalue weighted by molar-refractivity contribution is 5.85. The molecule has 0 aliphatic heterocycles. The summed E-state index contributed by atoms with van der Waals surface area (Å²) in [5.74, 6) is 0.396. The van der Waals surface area contributed by atoms with Crippen LogP contribution in [0, 0.1) is 5.92 Å². The maximum absolute atomic E-state index is 11.8. The molecule has 3 N–H and O–H groups in total. The van der Waals surface area contributed by atoms with Crippen molar-refractivity contribution >= 4 is 5.91 Å². The fourth-order valence-corrected chi connectivity index (χ4v) is 3.24. The average Bonchev–Trinajstić information content (AvgIpc) is 2.80. The minimum atomic E-state index is -0.512. The van der Waals surface area contributed by atoms with Gasteiger partial charge in [0.25, 0.3) is 0 Å². The minimum Gasteiger partial charge on any atom is -0.383 e. The van der Waals surface area contributed by atoms with Gasteiger partial charge < -0.3 is 15.8 Å². The number of rotatable bonds is 9. The van der Waals surface area contributed by atoms with E-state index in [1.54, 1.807) is 7.11 Å². The largest absolute Gasteiger partial charge is 0.383 e. The third-order valence-electron chi connectivity index (χ3n) is 4.17. The van der Waals surface area contributed by atoms with E-state index in [2.05, 4.69) is 24.1 Å². The monoisotopic (exact) mass is 285 g/mol. The molecule has 5 nitrogen and oxygen atoms in total. The predicted octanol–water partition coefficient (Wildman–Crippen LogP) is 0.977. The van der Waals surface area contributed by atoms with Crippen molar-refractivity contribution in [1.82, 2.24) is 10.2 Å². The molecular weight excluding hydrogens is 254 g/mol. The summed E-state index contributed by atoms with van der Waals surface area (Å²) in [6.45, 7) is 9.93. The summed E-state index contributed by atoms with van der Waals surface area (Å²) >= 11 is 0. The number of nitrogens with two attached hydrogens (primary N) is 1. The number of carbonyl (C=O) groups excluding carboxylic acids is 1. The SMILES string of the molecule is CCNC1(C(N)=O)CCC(N(CCOC)CC(C)C)C1. The van der Waals surface area contributed by atoms with E-state index in [4.69, 9.17) is 10.5 Å². The Morgan fingerprint density at radius 1 is 1.55 bits per heavy atom. The molecule has 1 amide bonds. The maximum Gasteiger partial charge on any atom is 0.237 e. The highest BCUT2D eigenvalue weighted by Gasteiger charge is 2.44. The van der Waals surface area contributed by atoms with E-state index < -0.39 is 5.54 Å². The van der Waals surface area contributed by atoms with Crippen molar-refractivity contribution in [2.24, 2.45) is 11.7 Å². The Morgan fingerprint density at radius 3 is 2.75 bits per heavy atom. The van der Waals surface area contributed by atoms with Gasteiger partial charge in [-0.2, -0.15) is 0 Å². The molecule has 1 fully saturated rings. The molecule has 0 aromatic rings. The molecular formula is C15H31N3O2. The van der Waals surface area contributed by atoms with E-state index in [0.29, 0.717) is 12.0 Å². The van der Waals surface area contributed by atoms with Crippen LogP contribution in [0.2, 0.25) is 0 Å². The topological polar surface area (TPSA) is 67.6 Å². The van der Waals surface area contributed by atoms with Gasteiger partial charge in [-0.25, -0.2) is 0 Å². The number of likely N-dealkylation sites (N-methyl/N-ethyl adjacent to an activating group) is 1. The van der Waals surface area contributed by atoms with E-state index in [0.717, 1.165) is 45.5 Å². The third kappa shape index (κ3) is 4.43. The molecule has 118 valence electrons. The maximum atomic E-state index is 11.8. The van der Waals surface area contributed by atoms with Crippen LogP contribution in [0.15, 0.2) is 0 Å². The Labute approximate surface area is 123 Å². The lowest BCUT2D eigenvalue weighted by Crippen LogP contribution is -2.54. The Morgan fingerprint density at radius 2 is 2.25 bits per heavy atom. The number of amides is 1. The van der Waals surface area contributed by atoms with Crippen LogP contribution in [-0.2, 0) is 9.53 Å². The van der Waals surface area contributed by atoms with Crippen LogP contribution >= 0.6 is 0 Å². The Balaban J connectivity index is 2.71. The lowest BCUT2D eigenvalue weighted by Gasteiger charge is -2.32. The molecule has 0 spiro atoms. The number of hydrogen-bond donors (Lipinski definition) is 2. The molecule has 0 saturated heterocycles. The molecule has 5 heteroatoms. The Bertz CT molecular complexity index is 309. The number of carbonyl (C=O) groups is 1. The van der Waals surface area contributed by atoms with Crippen molar-refractivity contribution in [2.75, 3.05) is 33.4 Å². The molecule has 20 heavy (non-hydrogen) atoms. The quantitative estimate of drug-likeness (QED) is 0.662. The molecule has 1 aliphatic carbocycles. The zero-order valence-corrected chi connectivity index (χ0v) is 13.4. The minimum absolute atomic E-state index is 0.210. The summed E-state index contributed by atoms with van der Waals surface area (Å²) in [6.07, 6.45) is 2.67. The van der Waals surface area contributed by atoms with Crippen LogP contribution in [0.25, 0.3) is 0 Å². The summed E-state index contributed by atoms with van der Waals surface area (Å²) in [4.78, 5) is 14.3. The zero-order chi connectivity index (χ0) is 15.2. The van der Waals surface area contributed by atoms with E-state index >= 15 is 0 Å². The average molecular weight is 285 g/mol. The van der Waals surface area contributed by atoms with Crippen LogP contribution in [0.1, 0.15) is 40.0 Å². The molecule has 1 rings (SSSR count). The second-order valence-electron chi connectivity index (χ2n) is 6.25. The molecule has 0 heterocycles. The lowest BCUT2D eigenvalue weighted by atomic mass is 9.96. The van der Waals surface area contributed by atoms with Gasteiger partial charge in [0.2, 0.25) is 5.91 Å². The highest BCUT2D eigenvalue weighted by atomic mass is 16.5.